The van der Waals surface area contributed by atoms with Crippen LogP contribution in [0.3, 0.4) is 0 Å². The quantitative estimate of drug-likeness (QED) is 0.437. The van der Waals surface area contributed by atoms with Crippen LogP contribution in [0.2, 0.25) is 0 Å². The van der Waals surface area contributed by atoms with E-state index in [1.54, 1.807) is 0 Å². The highest BCUT2D eigenvalue weighted by atomic mass is 16.6. The maximum Gasteiger partial charge on any atom is 0.331 e. The average molecular weight is 370 g/mol. The van der Waals surface area contributed by atoms with Crippen molar-refractivity contribution in [1.82, 2.24) is 10.6 Å². The highest BCUT2D eigenvalue weighted by molar-refractivity contribution is 5.94. The molecule has 0 rings (SSSR count). The molecule has 0 saturated heterocycles. The maximum atomic E-state index is 11.7. The van der Waals surface area contributed by atoms with Gasteiger partial charge in [0.1, 0.15) is 0 Å². The largest absolute Gasteiger partial charge is 0.449 e. The summed E-state index contributed by atoms with van der Waals surface area (Å²) in [6.07, 6.45) is -0.258. The van der Waals surface area contributed by atoms with Crippen molar-refractivity contribution in [2.24, 2.45) is 11.8 Å². The van der Waals surface area contributed by atoms with Crippen LogP contribution in [0.25, 0.3) is 0 Å². The number of esters is 2. The predicted molar refractivity (Wildman–Crippen MR) is 95.9 cm³/mol. The second-order valence-electron chi connectivity index (χ2n) is 6.77. The fourth-order valence-electron chi connectivity index (χ4n) is 1.57. The van der Waals surface area contributed by atoms with E-state index in [1.807, 2.05) is 27.7 Å². The van der Waals surface area contributed by atoms with Crippen LogP contribution in [-0.2, 0) is 28.7 Å². The lowest BCUT2D eigenvalue weighted by atomic mass is 10.2. The van der Waals surface area contributed by atoms with Crippen LogP contribution in [0.5, 0.6) is 0 Å². The summed E-state index contributed by atoms with van der Waals surface area (Å²) in [6.45, 7) is 11.6. The molecule has 0 heterocycles. The molecular weight excluding hydrogens is 340 g/mol. The Bertz CT molecular complexity index is 482. The van der Waals surface area contributed by atoms with E-state index >= 15 is 0 Å². The maximum absolute atomic E-state index is 11.7. The molecule has 148 valence electrons. The molecule has 26 heavy (non-hydrogen) atoms. The number of hydrogen-bond acceptors (Lipinski definition) is 6. The molecule has 0 aromatic carbocycles. The van der Waals surface area contributed by atoms with Crippen molar-refractivity contribution in [3.63, 3.8) is 0 Å². The standard InChI is InChI=1S/C18H30N2O6/c1-11(2)9-19-17(23)13(5)25-15(21)7-8-16(22)26-14(6)18(24)20-10-12(3)4/h7-8,11-14H,9-10H2,1-6H3,(H,19,23)(H,20,24)/b8-7+/t13-,14-/m0/s1. The lowest BCUT2D eigenvalue weighted by Gasteiger charge is -2.14. The van der Waals surface area contributed by atoms with Gasteiger partial charge in [0.2, 0.25) is 0 Å². The minimum absolute atomic E-state index is 0.274. The van der Waals surface area contributed by atoms with E-state index < -0.39 is 36.0 Å². The van der Waals surface area contributed by atoms with Crippen molar-refractivity contribution in [2.45, 2.75) is 53.8 Å². The summed E-state index contributed by atoms with van der Waals surface area (Å²) in [4.78, 5) is 46.6. The van der Waals surface area contributed by atoms with Crippen LogP contribution in [0.15, 0.2) is 12.2 Å². The van der Waals surface area contributed by atoms with Crippen molar-refractivity contribution in [3.05, 3.63) is 12.2 Å². The van der Waals surface area contributed by atoms with E-state index in [9.17, 15) is 19.2 Å². The molecule has 0 aliphatic rings. The van der Waals surface area contributed by atoms with Gasteiger partial charge < -0.3 is 20.1 Å². The molecule has 0 unspecified atom stereocenters. The van der Waals surface area contributed by atoms with Crippen LogP contribution in [0.1, 0.15) is 41.5 Å². The highest BCUT2D eigenvalue weighted by Gasteiger charge is 2.18. The van der Waals surface area contributed by atoms with Gasteiger partial charge in [0.05, 0.1) is 0 Å². The summed E-state index contributed by atoms with van der Waals surface area (Å²) in [7, 11) is 0. The Hall–Kier alpha value is -2.38. The van der Waals surface area contributed by atoms with Crippen molar-refractivity contribution >= 4 is 23.8 Å². The van der Waals surface area contributed by atoms with Gasteiger partial charge in [0.15, 0.2) is 12.2 Å². The zero-order valence-corrected chi connectivity index (χ0v) is 16.3. The Morgan fingerprint density at radius 3 is 1.27 bits per heavy atom. The second kappa shape index (κ2) is 12.1. The Morgan fingerprint density at radius 2 is 1.00 bits per heavy atom. The fourth-order valence-corrected chi connectivity index (χ4v) is 1.57. The summed E-state index contributed by atoms with van der Waals surface area (Å²) in [5.74, 6) is -2.00. The minimum atomic E-state index is -0.984. The summed E-state index contributed by atoms with van der Waals surface area (Å²) in [5.41, 5.74) is 0. The molecule has 0 radical (unpaired) electrons. The van der Waals surface area contributed by atoms with Gasteiger partial charge >= 0.3 is 11.9 Å². The lowest BCUT2D eigenvalue weighted by Crippen LogP contribution is -2.37. The lowest BCUT2D eigenvalue weighted by molar-refractivity contribution is -0.151. The van der Waals surface area contributed by atoms with Crippen LogP contribution in [-0.4, -0.2) is 49.1 Å². The zero-order valence-electron chi connectivity index (χ0n) is 16.3. The van der Waals surface area contributed by atoms with Crippen LogP contribution in [0, 0.1) is 11.8 Å². The van der Waals surface area contributed by atoms with E-state index in [2.05, 4.69) is 10.6 Å². The van der Waals surface area contributed by atoms with Gasteiger partial charge in [-0.3, -0.25) is 9.59 Å². The Kier molecular flexibility index (Phi) is 10.9. The molecule has 8 nitrogen and oxygen atoms in total. The SMILES string of the molecule is CC(C)CNC(=O)[C@H](C)OC(=O)/C=C/C(=O)O[C@@H](C)C(=O)NCC(C)C. The molecule has 0 aliphatic carbocycles. The molecule has 0 bridgehead atoms. The molecule has 0 fully saturated rings. The third-order valence-electron chi connectivity index (χ3n) is 3.05. The van der Waals surface area contributed by atoms with Gasteiger partial charge in [0.25, 0.3) is 11.8 Å². The van der Waals surface area contributed by atoms with Crippen molar-refractivity contribution < 1.29 is 28.7 Å². The van der Waals surface area contributed by atoms with Crippen molar-refractivity contribution in [2.75, 3.05) is 13.1 Å². The summed E-state index contributed by atoms with van der Waals surface area (Å²) in [5, 5.41) is 5.27. The number of hydrogen-bond donors (Lipinski definition) is 2. The number of carbonyl (C=O) groups excluding carboxylic acids is 4. The smallest absolute Gasteiger partial charge is 0.331 e. The molecule has 0 aromatic rings. The monoisotopic (exact) mass is 370 g/mol. The first-order chi connectivity index (χ1) is 12.0. The number of rotatable bonds is 10. The molecule has 0 saturated carbocycles. The first-order valence-electron chi connectivity index (χ1n) is 8.67. The first-order valence-corrected chi connectivity index (χ1v) is 8.67. The molecule has 0 spiro atoms. The Labute approximate surface area is 154 Å². The van der Waals surface area contributed by atoms with Gasteiger partial charge in [-0.25, -0.2) is 9.59 Å². The normalized spacial score (nSPS) is 13.4. The topological polar surface area (TPSA) is 111 Å². The van der Waals surface area contributed by atoms with E-state index in [1.165, 1.54) is 13.8 Å². The molecular formula is C18H30N2O6. The average Bonchev–Trinajstić information content (AvgIpc) is 2.55. The van der Waals surface area contributed by atoms with E-state index in [-0.39, 0.29) is 11.8 Å². The van der Waals surface area contributed by atoms with Gasteiger partial charge in [-0.15, -0.1) is 0 Å². The third kappa shape index (κ3) is 11.2. The summed E-state index contributed by atoms with van der Waals surface area (Å²) < 4.78 is 9.77. The van der Waals surface area contributed by atoms with Gasteiger partial charge in [-0.1, -0.05) is 27.7 Å². The molecule has 2 amide bonds. The molecule has 8 heteroatoms. The van der Waals surface area contributed by atoms with Gasteiger partial charge in [0, 0.05) is 25.2 Å². The predicted octanol–water partition coefficient (Wildman–Crippen LogP) is 0.950. The molecule has 2 atom stereocenters. The minimum Gasteiger partial charge on any atom is -0.449 e. The number of nitrogens with one attached hydrogen (secondary N) is 2. The fraction of sp³-hybridized carbons (Fsp3) is 0.667. The summed E-state index contributed by atoms with van der Waals surface area (Å²) >= 11 is 0. The zero-order chi connectivity index (χ0) is 20.3. The summed E-state index contributed by atoms with van der Waals surface area (Å²) in [6, 6.07) is 0. The first kappa shape index (κ1) is 23.6. The van der Waals surface area contributed by atoms with E-state index in [0.717, 1.165) is 12.2 Å². The Morgan fingerprint density at radius 1 is 0.692 bits per heavy atom. The third-order valence-corrected chi connectivity index (χ3v) is 3.05. The highest BCUT2D eigenvalue weighted by Crippen LogP contribution is 1.98. The molecule has 2 N–H and O–H groups in total. The van der Waals surface area contributed by atoms with Crippen LogP contribution in [0.4, 0.5) is 0 Å². The van der Waals surface area contributed by atoms with Crippen LogP contribution < -0.4 is 10.6 Å². The van der Waals surface area contributed by atoms with Crippen molar-refractivity contribution in [1.29, 1.82) is 0 Å². The molecule has 0 aromatic heterocycles. The van der Waals surface area contributed by atoms with Crippen molar-refractivity contribution in [3.8, 4) is 0 Å². The van der Waals surface area contributed by atoms with E-state index in [4.69, 9.17) is 9.47 Å². The van der Waals surface area contributed by atoms with Crippen LogP contribution >= 0.6 is 0 Å². The Balaban J connectivity index is 4.31. The number of amides is 2. The van der Waals surface area contributed by atoms with E-state index in [0.29, 0.717) is 13.1 Å². The number of ether oxygens (including phenoxy) is 2. The molecule has 0 aliphatic heterocycles. The van der Waals surface area contributed by atoms with Gasteiger partial charge in [-0.05, 0) is 25.7 Å². The second-order valence-corrected chi connectivity index (χ2v) is 6.77. The number of carbonyl (C=O) groups is 4. The van der Waals surface area contributed by atoms with Gasteiger partial charge in [-0.2, -0.15) is 0 Å².